The Kier molecular flexibility index (Phi) is 2.58. The second kappa shape index (κ2) is 3.67. The highest BCUT2D eigenvalue weighted by Crippen LogP contribution is 2.15. The Bertz CT molecular complexity index is 307. The molecule has 0 saturated carbocycles. The van der Waals surface area contributed by atoms with Gasteiger partial charge in [0.25, 0.3) is 0 Å². The van der Waals surface area contributed by atoms with Gasteiger partial charge in [0.1, 0.15) is 5.76 Å². The van der Waals surface area contributed by atoms with Gasteiger partial charge in [-0.2, -0.15) is 10.2 Å². The van der Waals surface area contributed by atoms with Gasteiger partial charge in [-0.05, 0) is 12.1 Å². The lowest BCUT2D eigenvalue weighted by atomic mass is 10.2. The monoisotopic (exact) mass is 162 g/mol. The van der Waals surface area contributed by atoms with E-state index in [0.29, 0.717) is 11.5 Å². The van der Waals surface area contributed by atoms with Gasteiger partial charge >= 0.3 is 0 Å². The van der Waals surface area contributed by atoms with E-state index in [1.807, 2.05) is 0 Å². The molecule has 0 aliphatic heterocycles. The Balaban J connectivity index is 3.13. The molecule has 3 heteroatoms. The Morgan fingerprint density at radius 3 is 3.00 bits per heavy atom. The molecule has 0 saturated heterocycles. The van der Waals surface area contributed by atoms with Crippen LogP contribution in [0.5, 0.6) is 0 Å². The van der Waals surface area contributed by atoms with E-state index in [2.05, 4.69) is 23.4 Å². The van der Waals surface area contributed by atoms with Crippen molar-refractivity contribution in [1.29, 1.82) is 0 Å². The SMILES string of the molecule is C=Cc1nnccc1C(=C)OC. The summed E-state index contributed by atoms with van der Waals surface area (Å²) in [6.07, 6.45) is 3.21. The maximum Gasteiger partial charge on any atom is 0.121 e. The van der Waals surface area contributed by atoms with E-state index in [9.17, 15) is 0 Å². The fourth-order valence-corrected chi connectivity index (χ4v) is 0.839. The minimum absolute atomic E-state index is 0.569. The first-order chi connectivity index (χ1) is 5.79. The first-order valence-corrected chi connectivity index (χ1v) is 3.47. The molecule has 1 heterocycles. The molecule has 0 aromatic carbocycles. The van der Waals surface area contributed by atoms with E-state index in [0.717, 1.165) is 5.56 Å². The van der Waals surface area contributed by atoms with Crippen molar-refractivity contribution in [3.8, 4) is 0 Å². The minimum Gasteiger partial charge on any atom is -0.497 e. The van der Waals surface area contributed by atoms with Gasteiger partial charge in [-0.15, -0.1) is 0 Å². The van der Waals surface area contributed by atoms with Crippen molar-refractivity contribution in [2.24, 2.45) is 0 Å². The molecule has 1 rings (SSSR count). The van der Waals surface area contributed by atoms with Crippen LogP contribution in [0.1, 0.15) is 11.3 Å². The number of hydrogen-bond acceptors (Lipinski definition) is 3. The molecule has 0 aliphatic rings. The number of methoxy groups -OCH3 is 1. The molecule has 0 amide bonds. The van der Waals surface area contributed by atoms with Crippen molar-refractivity contribution in [1.82, 2.24) is 10.2 Å². The minimum atomic E-state index is 0.569. The highest BCUT2D eigenvalue weighted by atomic mass is 16.5. The lowest BCUT2D eigenvalue weighted by Gasteiger charge is -2.05. The fraction of sp³-hybridized carbons (Fsp3) is 0.111. The summed E-state index contributed by atoms with van der Waals surface area (Å²) in [5, 5.41) is 7.57. The Morgan fingerprint density at radius 2 is 2.42 bits per heavy atom. The van der Waals surface area contributed by atoms with Gasteiger partial charge < -0.3 is 4.74 Å². The van der Waals surface area contributed by atoms with Crippen molar-refractivity contribution >= 4 is 11.8 Å². The zero-order chi connectivity index (χ0) is 8.97. The average Bonchev–Trinajstić information content (AvgIpc) is 2.16. The van der Waals surface area contributed by atoms with Crippen molar-refractivity contribution in [3.63, 3.8) is 0 Å². The van der Waals surface area contributed by atoms with Gasteiger partial charge in [-0.25, -0.2) is 0 Å². The molecule has 0 N–H and O–H groups in total. The van der Waals surface area contributed by atoms with Crippen LogP contribution in [0.2, 0.25) is 0 Å². The molecule has 1 aromatic heterocycles. The summed E-state index contributed by atoms with van der Waals surface area (Å²) in [6.45, 7) is 7.32. The van der Waals surface area contributed by atoms with Gasteiger partial charge in [0.15, 0.2) is 0 Å². The first-order valence-electron chi connectivity index (χ1n) is 3.47. The third-order valence-corrected chi connectivity index (χ3v) is 1.49. The number of hydrogen-bond donors (Lipinski definition) is 0. The van der Waals surface area contributed by atoms with Crippen LogP contribution in [0.15, 0.2) is 25.4 Å². The van der Waals surface area contributed by atoms with E-state index in [-0.39, 0.29) is 0 Å². The maximum absolute atomic E-state index is 4.97. The molecule has 0 fully saturated rings. The van der Waals surface area contributed by atoms with Crippen molar-refractivity contribution in [2.45, 2.75) is 0 Å². The van der Waals surface area contributed by atoms with Crippen LogP contribution in [0.4, 0.5) is 0 Å². The van der Waals surface area contributed by atoms with E-state index in [1.165, 1.54) is 0 Å². The lowest BCUT2D eigenvalue weighted by molar-refractivity contribution is 0.371. The van der Waals surface area contributed by atoms with Gasteiger partial charge in [0.05, 0.1) is 19.0 Å². The van der Waals surface area contributed by atoms with Crippen LogP contribution in [0, 0.1) is 0 Å². The lowest BCUT2D eigenvalue weighted by Crippen LogP contribution is -1.94. The topological polar surface area (TPSA) is 35.0 Å². The molecule has 0 unspecified atom stereocenters. The summed E-state index contributed by atoms with van der Waals surface area (Å²) in [5.41, 5.74) is 1.51. The molecule has 0 bridgehead atoms. The van der Waals surface area contributed by atoms with E-state index >= 15 is 0 Å². The molecule has 0 atom stereocenters. The molecular weight excluding hydrogens is 152 g/mol. The summed E-state index contributed by atoms with van der Waals surface area (Å²) >= 11 is 0. The smallest absolute Gasteiger partial charge is 0.121 e. The average molecular weight is 162 g/mol. The van der Waals surface area contributed by atoms with Crippen molar-refractivity contribution < 1.29 is 4.74 Å². The normalized spacial score (nSPS) is 9.08. The second-order valence-electron chi connectivity index (χ2n) is 2.16. The standard InChI is InChI=1S/C9H10N2O/c1-4-9-8(7(2)12-3)5-6-10-11-9/h4-6H,1-2H2,3H3. The molecule has 0 spiro atoms. The highest BCUT2D eigenvalue weighted by Gasteiger charge is 2.03. The van der Waals surface area contributed by atoms with Crippen LogP contribution in [0.25, 0.3) is 11.8 Å². The summed E-state index contributed by atoms with van der Waals surface area (Å²) in [7, 11) is 1.57. The largest absolute Gasteiger partial charge is 0.497 e. The van der Waals surface area contributed by atoms with Crippen LogP contribution in [-0.4, -0.2) is 17.3 Å². The predicted molar refractivity (Wildman–Crippen MR) is 48.2 cm³/mol. The second-order valence-corrected chi connectivity index (χ2v) is 2.16. The summed E-state index contributed by atoms with van der Waals surface area (Å²) < 4.78 is 4.97. The Morgan fingerprint density at radius 1 is 1.67 bits per heavy atom. The molecule has 0 radical (unpaired) electrons. The van der Waals surface area contributed by atoms with Crippen LogP contribution in [0.3, 0.4) is 0 Å². The Hall–Kier alpha value is -1.64. The van der Waals surface area contributed by atoms with Crippen molar-refractivity contribution in [3.05, 3.63) is 36.7 Å². The molecule has 3 nitrogen and oxygen atoms in total. The summed E-state index contributed by atoms with van der Waals surface area (Å²) in [4.78, 5) is 0. The van der Waals surface area contributed by atoms with Crippen LogP contribution < -0.4 is 0 Å². The molecular formula is C9H10N2O. The molecule has 62 valence electrons. The van der Waals surface area contributed by atoms with Gasteiger partial charge in [-0.1, -0.05) is 13.2 Å². The quantitative estimate of drug-likeness (QED) is 0.635. The third kappa shape index (κ3) is 1.50. The number of aromatic nitrogens is 2. The van der Waals surface area contributed by atoms with Gasteiger partial charge in [-0.3, -0.25) is 0 Å². The van der Waals surface area contributed by atoms with Crippen LogP contribution >= 0.6 is 0 Å². The molecule has 0 aliphatic carbocycles. The molecule has 1 aromatic rings. The van der Waals surface area contributed by atoms with E-state index in [4.69, 9.17) is 4.74 Å². The predicted octanol–water partition coefficient (Wildman–Crippen LogP) is 1.74. The highest BCUT2D eigenvalue weighted by molar-refractivity contribution is 5.65. The summed E-state index contributed by atoms with van der Waals surface area (Å²) in [5.74, 6) is 0.569. The van der Waals surface area contributed by atoms with Gasteiger partial charge in [0, 0.05) is 5.56 Å². The van der Waals surface area contributed by atoms with E-state index in [1.54, 1.807) is 25.4 Å². The van der Waals surface area contributed by atoms with Crippen LogP contribution in [-0.2, 0) is 4.74 Å². The number of ether oxygens (including phenoxy) is 1. The third-order valence-electron chi connectivity index (χ3n) is 1.49. The number of rotatable bonds is 3. The zero-order valence-electron chi connectivity index (χ0n) is 6.95. The van der Waals surface area contributed by atoms with E-state index < -0.39 is 0 Å². The Labute approximate surface area is 71.4 Å². The van der Waals surface area contributed by atoms with Crippen molar-refractivity contribution in [2.75, 3.05) is 7.11 Å². The zero-order valence-corrected chi connectivity index (χ0v) is 6.95. The first kappa shape index (κ1) is 8.46. The maximum atomic E-state index is 4.97. The summed E-state index contributed by atoms with van der Waals surface area (Å²) in [6, 6.07) is 1.79. The number of nitrogens with zero attached hydrogens (tertiary/aromatic N) is 2. The van der Waals surface area contributed by atoms with Gasteiger partial charge in [0.2, 0.25) is 0 Å². The molecule has 12 heavy (non-hydrogen) atoms. The fourth-order valence-electron chi connectivity index (χ4n) is 0.839.